The Labute approximate surface area is 182 Å². The van der Waals surface area contributed by atoms with Gasteiger partial charge in [0.1, 0.15) is 0 Å². The first-order valence-electron chi connectivity index (χ1n) is 9.64. The molecule has 12 heteroatoms. The van der Waals surface area contributed by atoms with E-state index in [0.717, 1.165) is 5.69 Å². The molecule has 1 aliphatic heterocycles. The van der Waals surface area contributed by atoms with Crippen LogP contribution in [0, 0.1) is 20.2 Å². The molecule has 1 heterocycles. The zero-order valence-electron chi connectivity index (χ0n) is 16.9. The van der Waals surface area contributed by atoms with E-state index >= 15 is 0 Å². The lowest BCUT2D eigenvalue weighted by Gasteiger charge is -2.36. The molecule has 0 aromatic heterocycles. The zero-order chi connectivity index (χ0) is 23.1. The summed E-state index contributed by atoms with van der Waals surface area (Å²) in [6.07, 6.45) is 0. The molecule has 0 atom stereocenters. The van der Waals surface area contributed by atoms with Crippen LogP contribution in [0.2, 0.25) is 0 Å². The molecule has 1 amide bonds. The predicted molar refractivity (Wildman–Crippen MR) is 111 cm³/mol. The summed E-state index contributed by atoms with van der Waals surface area (Å²) in [5.41, 5.74) is 0.554. The molecule has 0 N–H and O–H groups in total. The van der Waals surface area contributed by atoms with Crippen LogP contribution >= 0.6 is 0 Å². The molecule has 3 rings (SSSR count). The van der Waals surface area contributed by atoms with Gasteiger partial charge in [0.2, 0.25) is 0 Å². The van der Waals surface area contributed by atoms with Crippen LogP contribution in [0.15, 0.2) is 48.5 Å². The summed E-state index contributed by atoms with van der Waals surface area (Å²) < 4.78 is 10.1. The van der Waals surface area contributed by atoms with E-state index in [9.17, 15) is 29.8 Å². The van der Waals surface area contributed by atoms with E-state index in [2.05, 4.69) is 0 Å². The van der Waals surface area contributed by atoms with Crippen molar-refractivity contribution in [3.05, 3.63) is 68.8 Å². The number of non-ortho nitro benzene ring substituents is 1. The molecular weight excluding hydrogens is 424 g/mol. The van der Waals surface area contributed by atoms with Gasteiger partial charge in [0.15, 0.2) is 19.0 Å². The number of para-hydroxylation sites is 2. The summed E-state index contributed by atoms with van der Waals surface area (Å²) in [7, 11) is 0. The Balaban J connectivity index is 1.42. The fourth-order valence-electron chi connectivity index (χ4n) is 3.14. The van der Waals surface area contributed by atoms with Crippen LogP contribution in [0.5, 0.6) is 5.75 Å². The number of nitro groups is 2. The highest BCUT2D eigenvalue weighted by Gasteiger charge is 2.23. The van der Waals surface area contributed by atoms with Crippen LogP contribution in [0.1, 0.15) is 0 Å². The molecule has 2 aromatic carbocycles. The van der Waals surface area contributed by atoms with Gasteiger partial charge >= 0.3 is 11.7 Å². The van der Waals surface area contributed by atoms with Crippen LogP contribution in [-0.4, -0.2) is 66.0 Å². The third-order valence-electron chi connectivity index (χ3n) is 4.82. The number of hydrogen-bond acceptors (Lipinski definition) is 9. The average molecular weight is 444 g/mol. The second-order valence-corrected chi connectivity index (χ2v) is 6.82. The molecule has 0 bridgehead atoms. The van der Waals surface area contributed by atoms with E-state index in [0.29, 0.717) is 26.2 Å². The highest BCUT2D eigenvalue weighted by molar-refractivity contribution is 5.81. The van der Waals surface area contributed by atoms with Gasteiger partial charge in [-0.1, -0.05) is 12.1 Å². The number of ether oxygens (including phenoxy) is 2. The standard InChI is InChI=1S/C20H20N4O8/c25-19(13-32-20(26)14-31-18-4-2-1-3-17(18)24(29)30)22-11-9-21(10-12-22)15-5-7-16(8-6-15)23(27)28/h1-8H,9-14H2. The van der Waals surface area contributed by atoms with Crippen LogP contribution in [0.3, 0.4) is 0 Å². The van der Waals surface area contributed by atoms with Crippen molar-refractivity contribution in [2.24, 2.45) is 0 Å². The monoisotopic (exact) mass is 444 g/mol. The van der Waals surface area contributed by atoms with Gasteiger partial charge in [0.05, 0.1) is 9.85 Å². The largest absolute Gasteiger partial charge is 0.475 e. The van der Waals surface area contributed by atoms with E-state index < -0.39 is 29.0 Å². The second-order valence-electron chi connectivity index (χ2n) is 6.82. The average Bonchev–Trinajstić information content (AvgIpc) is 2.81. The van der Waals surface area contributed by atoms with Crippen molar-refractivity contribution in [1.82, 2.24) is 4.90 Å². The lowest BCUT2D eigenvalue weighted by Crippen LogP contribution is -2.50. The van der Waals surface area contributed by atoms with E-state index in [1.165, 1.54) is 36.4 Å². The molecule has 1 saturated heterocycles. The minimum absolute atomic E-state index is 0.00947. The number of benzene rings is 2. The smallest absolute Gasteiger partial charge is 0.344 e. The summed E-state index contributed by atoms with van der Waals surface area (Å²) in [4.78, 5) is 48.3. The summed E-state index contributed by atoms with van der Waals surface area (Å²) in [5.74, 6) is -1.25. The normalized spacial score (nSPS) is 13.4. The Bertz CT molecular complexity index is 1000. The van der Waals surface area contributed by atoms with Gasteiger partial charge in [-0.25, -0.2) is 4.79 Å². The maximum Gasteiger partial charge on any atom is 0.344 e. The number of anilines is 1. The molecule has 32 heavy (non-hydrogen) atoms. The van der Waals surface area contributed by atoms with Crippen molar-refractivity contribution in [3.8, 4) is 5.75 Å². The minimum Gasteiger partial charge on any atom is -0.475 e. The van der Waals surface area contributed by atoms with Gasteiger partial charge in [-0.3, -0.25) is 25.0 Å². The SMILES string of the molecule is O=C(COc1ccccc1[N+](=O)[O-])OCC(=O)N1CCN(c2ccc([N+](=O)[O-])cc2)CC1. The van der Waals surface area contributed by atoms with Gasteiger partial charge in [0.25, 0.3) is 11.6 Å². The molecule has 1 fully saturated rings. The number of hydrogen-bond donors (Lipinski definition) is 0. The van der Waals surface area contributed by atoms with Crippen molar-refractivity contribution in [1.29, 1.82) is 0 Å². The Morgan fingerprint density at radius 2 is 1.53 bits per heavy atom. The topological polar surface area (TPSA) is 145 Å². The summed E-state index contributed by atoms with van der Waals surface area (Å²) >= 11 is 0. The van der Waals surface area contributed by atoms with Crippen LogP contribution < -0.4 is 9.64 Å². The fraction of sp³-hybridized carbons (Fsp3) is 0.300. The number of esters is 1. The number of piperazine rings is 1. The summed E-state index contributed by atoms with van der Waals surface area (Å²) in [6, 6.07) is 11.8. The number of nitrogens with zero attached hydrogens (tertiary/aromatic N) is 4. The van der Waals surface area contributed by atoms with Crippen molar-refractivity contribution in [2.75, 3.05) is 44.3 Å². The van der Waals surface area contributed by atoms with Crippen LogP contribution in [-0.2, 0) is 14.3 Å². The zero-order valence-corrected chi connectivity index (χ0v) is 16.9. The van der Waals surface area contributed by atoms with Gasteiger partial charge in [-0.05, 0) is 18.2 Å². The fourth-order valence-corrected chi connectivity index (χ4v) is 3.14. The summed E-state index contributed by atoms with van der Waals surface area (Å²) in [5, 5.41) is 21.7. The number of carbonyl (C=O) groups excluding carboxylic acids is 2. The van der Waals surface area contributed by atoms with Gasteiger partial charge < -0.3 is 19.3 Å². The summed E-state index contributed by atoms with van der Waals surface area (Å²) in [6.45, 7) is 0.833. The highest BCUT2D eigenvalue weighted by atomic mass is 16.6. The molecule has 0 aliphatic carbocycles. The first-order chi connectivity index (χ1) is 15.3. The Kier molecular flexibility index (Phi) is 7.16. The number of nitro benzene ring substituents is 2. The molecule has 1 aliphatic rings. The van der Waals surface area contributed by atoms with E-state index in [1.54, 1.807) is 17.0 Å². The Morgan fingerprint density at radius 3 is 2.16 bits per heavy atom. The van der Waals surface area contributed by atoms with Gasteiger partial charge in [0, 0.05) is 50.1 Å². The van der Waals surface area contributed by atoms with Crippen LogP contribution in [0.4, 0.5) is 17.1 Å². The molecule has 0 radical (unpaired) electrons. The second kappa shape index (κ2) is 10.2. The molecule has 12 nitrogen and oxygen atoms in total. The van der Waals surface area contributed by atoms with Gasteiger partial charge in [-0.2, -0.15) is 0 Å². The molecule has 2 aromatic rings. The first kappa shape index (κ1) is 22.5. The van der Waals surface area contributed by atoms with E-state index in [-0.39, 0.29) is 23.0 Å². The molecule has 0 saturated carbocycles. The maximum absolute atomic E-state index is 12.3. The lowest BCUT2D eigenvalue weighted by atomic mass is 10.2. The third-order valence-corrected chi connectivity index (χ3v) is 4.82. The molecule has 0 unspecified atom stereocenters. The molecule has 168 valence electrons. The van der Waals surface area contributed by atoms with Crippen molar-refractivity contribution < 1.29 is 28.9 Å². The molecule has 0 spiro atoms. The number of amides is 1. The maximum atomic E-state index is 12.3. The predicted octanol–water partition coefficient (Wildman–Crippen LogP) is 1.77. The highest BCUT2D eigenvalue weighted by Crippen LogP contribution is 2.25. The quantitative estimate of drug-likeness (QED) is 0.338. The Morgan fingerprint density at radius 1 is 0.875 bits per heavy atom. The van der Waals surface area contributed by atoms with E-state index in [1.807, 2.05) is 4.90 Å². The Hall–Kier alpha value is -4.22. The van der Waals surface area contributed by atoms with Crippen molar-refractivity contribution in [3.63, 3.8) is 0 Å². The number of carbonyl (C=O) groups is 2. The van der Waals surface area contributed by atoms with E-state index in [4.69, 9.17) is 9.47 Å². The van der Waals surface area contributed by atoms with Crippen molar-refractivity contribution in [2.45, 2.75) is 0 Å². The first-order valence-corrected chi connectivity index (χ1v) is 9.64. The molecular formula is C20H20N4O8. The third kappa shape index (κ3) is 5.68. The van der Waals surface area contributed by atoms with Gasteiger partial charge in [-0.15, -0.1) is 0 Å². The number of rotatable bonds is 8. The minimum atomic E-state index is -0.819. The lowest BCUT2D eigenvalue weighted by molar-refractivity contribution is -0.385. The van der Waals surface area contributed by atoms with Crippen LogP contribution in [0.25, 0.3) is 0 Å². The van der Waals surface area contributed by atoms with Crippen molar-refractivity contribution >= 4 is 28.9 Å².